The van der Waals surface area contributed by atoms with Gasteiger partial charge in [0.15, 0.2) is 0 Å². The second-order valence-electron chi connectivity index (χ2n) is 6.99. The minimum Gasteiger partial charge on any atom is -0.341 e. The number of amides is 2. The summed E-state index contributed by atoms with van der Waals surface area (Å²) < 4.78 is 0. The van der Waals surface area contributed by atoms with E-state index in [-0.39, 0.29) is 35.7 Å². The van der Waals surface area contributed by atoms with Gasteiger partial charge >= 0.3 is 0 Å². The summed E-state index contributed by atoms with van der Waals surface area (Å²) >= 11 is 0. The van der Waals surface area contributed by atoms with Gasteiger partial charge in [-0.3, -0.25) is 9.59 Å². The fourth-order valence-electron chi connectivity index (χ4n) is 3.19. The first-order chi connectivity index (χ1) is 9.32. The number of rotatable bonds is 2. The van der Waals surface area contributed by atoms with Crippen LogP contribution in [0.3, 0.4) is 0 Å². The molecule has 2 aliphatic rings. The van der Waals surface area contributed by atoms with Crippen LogP contribution in [-0.2, 0) is 9.59 Å². The molecule has 2 saturated heterocycles. The fourth-order valence-corrected chi connectivity index (χ4v) is 3.19. The summed E-state index contributed by atoms with van der Waals surface area (Å²) in [4.78, 5) is 28.5. The van der Waals surface area contributed by atoms with Crippen LogP contribution < -0.4 is 5.32 Å². The number of piperidine rings is 1. The van der Waals surface area contributed by atoms with Crippen molar-refractivity contribution in [3.8, 4) is 0 Å². The summed E-state index contributed by atoms with van der Waals surface area (Å²) in [5.41, 5.74) is -0.193. The highest BCUT2D eigenvalue weighted by molar-refractivity contribution is 5.89. The highest BCUT2D eigenvalue weighted by atomic mass is 35.5. The zero-order chi connectivity index (χ0) is 14.9. The number of likely N-dealkylation sites (tertiary alicyclic amines) is 2. The smallest absolute Gasteiger partial charge is 0.228 e. The van der Waals surface area contributed by atoms with Gasteiger partial charge in [0.05, 0.1) is 5.92 Å². The molecular weight excluding hydrogens is 290 g/mol. The number of nitrogens with zero attached hydrogens (tertiary/aromatic N) is 2. The van der Waals surface area contributed by atoms with Crippen LogP contribution in [0.25, 0.3) is 0 Å². The van der Waals surface area contributed by atoms with Gasteiger partial charge in [0, 0.05) is 37.6 Å². The molecule has 5 nitrogen and oxygen atoms in total. The molecular formula is C15H28ClN3O2. The maximum absolute atomic E-state index is 12.6. The number of carbonyl (C=O) groups is 2. The van der Waals surface area contributed by atoms with Crippen molar-refractivity contribution in [1.29, 1.82) is 0 Å². The van der Waals surface area contributed by atoms with Gasteiger partial charge in [0.2, 0.25) is 11.8 Å². The summed E-state index contributed by atoms with van der Waals surface area (Å²) in [5.74, 6) is 0.111. The molecule has 0 spiro atoms. The number of hydrogen-bond donors (Lipinski definition) is 1. The molecule has 0 aromatic rings. The Bertz CT molecular complexity index is 395. The lowest BCUT2D eigenvalue weighted by atomic mass is 10.0. The van der Waals surface area contributed by atoms with Gasteiger partial charge in [0.1, 0.15) is 0 Å². The molecule has 2 rings (SSSR count). The van der Waals surface area contributed by atoms with Crippen LogP contribution in [0.5, 0.6) is 0 Å². The Labute approximate surface area is 133 Å². The SMILES string of the molecule is CNC1CCCN(C(=O)C2CC(=O)N(C(C)(C)C)C2)C1.Cl. The Balaban J connectivity index is 0.00000220. The van der Waals surface area contributed by atoms with Crippen molar-refractivity contribution in [2.24, 2.45) is 5.92 Å². The van der Waals surface area contributed by atoms with Crippen LogP contribution in [-0.4, -0.2) is 59.9 Å². The van der Waals surface area contributed by atoms with E-state index in [4.69, 9.17) is 0 Å². The zero-order valence-corrected chi connectivity index (χ0v) is 14.3. The lowest BCUT2D eigenvalue weighted by Crippen LogP contribution is -2.49. The molecule has 2 amide bonds. The third-order valence-electron chi connectivity index (χ3n) is 4.43. The van der Waals surface area contributed by atoms with Gasteiger partial charge in [-0.2, -0.15) is 0 Å². The van der Waals surface area contributed by atoms with Gasteiger partial charge in [0.25, 0.3) is 0 Å². The van der Waals surface area contributed by atoms with E-state index in [0.29, 0.717) is 19.0 Å². The maximum Gasteiger partial charge on any atom is 0.228 e. The molecule has 2 unspecified atom stereocenters. The predicted octanol–water partition coefficient (Wildman–Crippen LogP) is 1.27. The normalized spacial score (nSPS) is 26.8. The van der Waals surface area contributed by atoms with E-state index < -0.39 is 0 Å². The Morgan fingerprint density at radius 3 is 2.48 bits per heavy atom. The van der Waals surface area contributed by atoms with Gasteiger partial charge in [-0.25, -0.2) is 0 Å². The molecule has 2 aliphatic heterocycles. The van der Waals surface area contributed by atoms with Crippen molar-refractivity contribution in [2.45, 2.75) is 51.6 Å². The van der Waals surface area contributed by atoms with Gasteiger partial charge in [-0.1, -0.05) is 0 Å². The zero-order valence-electron chi connectivity index (χ0n) is 13.5. The first-order valence-electron chi connectivity index (χ1n) is 7.59. The largest absolute Gasteiger partial charge is 0.341 e. The standard InChI is InChI=1S/C15H27N3O2.ClH/c1-15(2,3)18-9-11(8-13(18)19)14(20)17-7-5-6-12(10-17)16-4;/h11-12,16H,5-10H2,1-4H3;1H. The Hall–Kier alpha value is -0.810. The second kappa shape index (κ2) is 6.97. The minimum absolute atomic E-state index is 0. The Morgan fingerprint density at radius 1 is 1.29 bits per heavy atom. The second-order valence-corrected chi connectivity index (χ2v) is 6.99. The third-order valence-corrected chi connectivity index (χ3v) is 4.43. The van der Waals surface area contributed by atoms with E-state index >= 15 is 0 Å². The molecule has 0 saturated carbocycles. The van der Waals surface area contributed by atoms with Crippen LogP contribution in [0.4, 0.5) is 0 Å². The molecule has 0 bridgehead atoms. The van der Waals surface area contributed by atoms with Gasteiger partial charge in [-0.05, 0) is 40.7 Å². The van der Waals surface area contributed by atoms with E-state index in [1.54, 1.807) is 0 Å². The Morgan fingerprint density at radius 2 is 1.95 bits per heavy atom. The van der Waals surface area contributed by atoms with Crippen molar-refractivity contribution in [3.05, 3.63) is 0 Å². The van der Waals surface area contributed by atoms with Gasteiger partial charge < -0.3 is 15.1 Å². The minimum atomic E-state index is -0.193. The molecule has 122 valence electrons. The molecule has 0 radical (unpaired) electrons. The highest BCUT2D eigenvalue weighted by Gasteiger charge is 2.41. The number of likely N-dealkylation sites (N-methyl/N-ethyl adjacent to an activating group) is 1. The molecule has 0 aromatic heterocycles. The quantitative estimate of drug-likeness (QED) is 0.834. The summed E-state index contributed by atoms with van der Waals surface area (Å²) in [6, 6.07) is 0.392. The summed E-state index contributed by atoms with van der Waals surface area (Å²) in [6.07, 6.45) is 2.54. The van der Waals surface area contributed by atoms with Crippen molar-refractivity contribution in [2.75, 3.05) is 26.7 Å². The lowest BCUT2D eigenvalue weighted by molar-refractivity contribution is -0.137. The molecule has 2 heterocycles. The summed E-state index contributed by atoms with van der Waals surface area (Å²) in [6.45, 7) is 8.25. The van der Waals surface area contributed by atoms with E-state index in [0.717, 1.165) is 25.9 Å². The number of nitrogens with one attached hydrogen (secondary N) is 1. The fraction of sp³-hybridized carbons (Fsp3) is 0.867. The number of carbonyl (C=O) groups excluding carboxylic acids is 2. The monoisotopic (exact) mass is 317 g/mol. The average Bonchev–Trinajstić information content (AvgIpc) is 2.80. The molecule has 0 aliphatic carbocycles. The van der Waals surface area contributed by atoms with E-state index in [1.165, 1.54) is 0 Å². The molecule has 6 heteroatoms. The molecule has 2 atom stereocenters. The predicted molar refractivity (Wildman–Crippen MR) is 85.5 cm³/mol. The van der Waals surface area contributed by atoms with Crippen molar-refractivity contribution >= 4 is 24.2 Å². The summed E-state index contributed by atoms with van der Waals surface area (Å²) in [7, 11) is 1.94. The third kappa shape index (κ3) is 4.10. The molecule has 1 N–H and O–H groups in total. The number of halogens is 1. The van der Waals surface area contributed by atoms with Crippen molar-refractivity contribution < 1.29 is 9.59 Å². The topological polar surface area (TPSA) is 52.7 Å². The first-order valence-corrected chi connectivity index (χ1v) is 7.59. The van der Waals surface area contributed by atoms with Crippen molar-refractivity contribution in [1.82, 2.24) is 15.1 Å². The van der Waals surface area contributed by atoms with Crippen LogP contribution in [0.2, 0.25) is 0 Å². The van der Waals surface area contributed by atoms with Crippen LogP contribution in [0.15, 0.2) is 0 Å². The molecule has 2 fully saturated rings. The Kier molecular flexibility index (Phi) is 6.05. The van der Waals surface area contributed by atoms with E-state index in [1.807, 2.05) is 37.6 Å². The first kappa shape index (κ1) is 18.2. The van der Waals surface area contributed by atoms with Crippen LogP contribution >= 0.6 is 12.4 Å². The van der Waals surface area contributed by atoms with Crippen molar-refractivity contribution in [3.63, 3.8) is 0 Å². The highest BCUT2D eigenvalue weighted by Crippen LogP contribution is 2.27. The molecule has 0 aromatic carbocycles. The van der Waals surface area contributed by atoms with Crippen LogP contribution in [0.1, 0.15) is 40.0 Å². The molecule has 21 heavy (non-hydrogen) atoms. The van der Waals surface area contributed by atoms with Crippen LogP contribution in [0, 0.1) is 5.92 Å². The van der Waals surface area contributed by atoms with E-state index in [9.17, 15) is 9.59 Å². The maximum atomic E-state index is 12.6. The van der Waals surface area contributed by atoms with E-state index in [2.05, 4.69) is 5.32 Å². The summed E-state index contributed by atoms with van der Waals surface area (Å²) in [5, 5.41) is 3.25. The van der Waals surface area contributed by atoms with Gasteiger partial charge in [-0.15, -0.1) is 12.4 Å². The average molecular weight is 318 g/mol. The number of hydrogen-bond acceptors (Lipinski definition) is 3. The lowest BCUT2D eigenvalue weighted by Gasteiger charge is -2.35.